The van der Waals surface area contributed by atoms with E-state index in [0.717, 1.165) is 0 Å². The average Bonchev–Trinajstić information content (AvgIpc) is 2.45. The third-order valence-corrected chi connectivity index (χ3v) is 3.36. The van der Waals surface area contributed by atoms with Crippen molar-refractivity contribution in [2.24, 2.45) is 5.92 Å². The number of aliphatic hydroxyl groups is 4. The second-order valence-corrected chi connectivity index (χ2v) is 4.94. The van der Waals surface area contributed by atoms with Gasteiger partial charge in [-0.2, -0.15) is 0 Å². The number of carboxylic acids is 2. The molecule has 1 unspecified atom stereocenters. The molecule has 1 fully saturated rings. The molecule has 0 bridgehead atoms. The Labute approximate surface area is 125 Å². The van der Waals surface area contributed by atoms with Crippen molar-refractivity contribution in [1.29, 1.82) is 0 Å². The molecule has 5 atom stereocenters. The lowest BCUT2D eigenvalue weighted by Crippen LogP contribution is -2.59. The molecular weight excluding hydrogens is 304 g/mol. The van der Waals surface area contributed by atoms with Crippen molar-refractivity contribution in [3.05, 3.63) is 0 Å². The van der Waals surface area contributed by atoms with Gasteiger partial charge in [0.25, 0.3) is 0 Å². The molecule has 22 heavy (non-hydrogen) atoms. The van der Waals surface area contributed by atoms with Crippen LogP contribution in [0.15, 0.2) is 0 Å². The Morgan fingerprint density at radius 3 is 2.14 bits per heavy atom. The third kappa shape index (κ3) is 4.60. The number of hydrogen-bond acceptors (Lipinski definition) is 8. The largest absolute Gasteiger partial charge is 0.481 e. The molecule has 1 heterocycles. The van der Waals surface area contributed by atoms with E-state index in [9.17, 15) is 24.9 Å². The molecule has 128 valence electrons. The number of carbonyl (C=O) groups is 2. The zero-order chi connectivity index (χ0) is 16.9. The smallest absolute Gasteiger partial charge is 0.317 e. The van der Waals surface area contributed by atoms with Gasteiger partial charge in [0.05, 0.1) is 6.61 Å². The summed E-state index contributed by atoms with van der Waals surface area (Å²) in [4.78, 5) is 21.3. The number of ether oxygens (including phenoxy) is 2. The summed E-state index contributed by atoms with van der Waals surface area (Å²) in [6, 6.07) is 0. The molecule has 0 saturated carbocycles. The highest BCUT2D eigenvalue weighted by molar-refractivity contribution is 5.92. The molecule has 0 radical (unpaired) electrons. The van der Waals surface area contributed by atoms with Crippen LogP contribution in [0.3, 0.4) is 0 Å². The van der Waals surface area contributed by atoms with Gasteiger partial charge < -0.3 is 40.1 Å². The van der Waals surface area contributed by atoms with Crippen LogP contribution in [-0.4, -0.2) is 86.5 Å². The number of aliphatic hydroxyl groups excluding tert-OH is 4. The highest BCUT2D eigenvalue weighted by Crippen LogP contribution is 2.22. The topological polar surface area (TPSA) is 174 Å². The van der Waals surface area contributed by atoms with Gasteiger partial charge in [-0.25, -0.2) is 0 Å². The Kier molecular flexibility index (Phi) is 7.13. The van der Waals surface area contributed by atoms with Crippen molar-refractivity contribution >= 4 is 11.9 Å². The molecule has 1 saturated heterocycles. The van der Waals surface area contributed by atoms with E-state index in [1.165, 1.54) is 0 Å². The van der Waals surface area contributed by atoms with Crippen molar-refractivity contribution < 1.29 is 49.7 Å². The predicted molar refractivity (Wildman–Crippen MR) is 67.7 cm³/mol. The molecule has 10 heteroatoms. The zero-order valence-corrected chi connectivity index (χ0v) is 11.6. The first-order valence-electron chi connectivity index (χ1n) is 6.67. The van der Waals surface area contributed by atoms with Crippen molar-refractivity contribution in [3.8, 4) is 0 Å². The number of carboxylic acid groups (broad SMARTS) is 2. The Morgan fingerprint density at radius 2 is 1.64 bits per heavy atom. The molecule has 0 aliphatic carbocycles. The quantitative estimate of drug-likeness (QED) is 0.205. The minimum atomic E-state index is -1.57. The van der Waals surface area contributed by atoms with Crippen LogP contribution in [-0.2, 0) is 19.1 Å². The lowest BCUT2D eigenvalue weighted by molar-refractivity contribution is -0.301. The maximum Gasteiger partial charge on any atom is 0.317 e. The van der Waals surface area contributed by atoms with Gasteiger partial charge in [0.15, 0.2) is 12.2 Å². The third-order valence-electron chi connectivity index (χ3n) is 3.36. The van der Waals surface area contributed by atoms with Crippen molar-refractivity contribution in [1.82, 2.24) is 0 Å². The first-order chi connectivity index (χ1) is 10.3. The lowest BCUT2D eigenvalue weighted by Gasteiger charge is -2.39. The zero-order valence-electron chi connectivity index (χ0n) is 11.6. The van der Waals surface area contributed by atoms with Crippen LogP contribution in [0.5, 0.6) is 0 Å². The molecular formula is C12H20O10. The van der Waals surface area contributed by atoms with E-state index in [2.05, 4.69) is 0 Å². The second-order valence-electron chi connectivity index (χ2n) is 4.94. The van der Waals surface area contributed by atoms with Crippen LogP contribution < -0.4 is 0 Å². The van der Waals surface area contributed by atoms with E-state index in [1.54, 1.807) is 0 Å². The van der Waals surface area contributed by atoms with E-state index in [4.69, 9.17) is 24.8 Å². The van der Waals surface area contributed by atoms with Crippen LogP contribution >= 0.6 is 0 Å². The fourth-order valence-electron chi connectivity index (χ4n) is 2.04. The Balaban J connectivity index is 2.43. The van der Waals surface area contributed by atoms with Crippen LogP contribution in [0.25, 0.3) is 0 Å². The fourth-order valence-corrected chi connectivity index (χ4v) is 2.04. The molecule has 0 spiro atoms. The maximum absolute atomic E-state index is 10.7. The van der Waals surface area contributed by atoms with Gasteiger partial charge in [0.1, 0.15) is 24.4 Å². The molecule has 0 aromatic carbocycles. The van der Waals surface area contributed by atoms with Gasteiger partial charge in [0.2, 0.25) is 0 Å². The van der Waals surface area contributed by atoms with Gasteiger partial charge >= 0.3 is 11.9 Å². The minimum Gasteiger partial charge on any atom is -0.481 e. The molecule has 1 aliphatic heterocycles. The summed E-state index contributed by atoms with van der Waals surface area (Å²) < 4.78 is 10.2. The summed E-state index contributed by atoms with van der Waals surface area (Å²) in [6.07, 6.45) is -7.14. The van der Waals surface area contributed by atoms with Gasteiger partial charge in [-0.3, -0.25) is 9.59 Å². The number of aliphatic carboxylic acids is 2. The Hall–Kier alpha value is -1.30. The second kappa shape index (κ2) is 8.36. The summed E-state index contributed by atoms with van der Waals surface area (Å²) in [7, 11) is 0. The molecule has 1 aliphatic rings. The minimum absolute atomic E-state index is 0.0677. The van der Waals surface area contributed by atoms with Crippen LogP contribution in [0, 0.1) is 5.92 Å². The van der Waals surface area contributed by atoms with Crippen molar-refractivity contribution in [3.63, 3.8) is 0 Å². The average molecular weight is 324 g/mol. The van der Waals surface area contributed by atoms with Crippen LogP contribution in [0.2, 0.25) is 0 Å². The molecule has 10 nitrogen and oxygen atoms in total. The maximum atomic E-state index is 10.7. The lowest BCUT2D eigenvalue weighted by atomic mass is 9.99. The van der Waals surface area contributed by atoms with Crippen molar-refractivity contribution in [2.75, 3.05) is 13.2 Å². The van der Waals surface area contributed by atoms with Gasteiger partial charge in [-0.1, -0.05) is 0 Å². The SMILES string of the molecule is O=C(O)C(CCCOC1O[C@H](CO)[C@@H](O)[C@H](O)[C@@H]1O)C(=O)O. The Morgan fingerprint density at radius 1 is 1.05 bits per heavy atom. The van der Waals surface area contributed by atoms with Crippen LogP contribution in [0.1, 0.15) is 12.8 Å². The first-order valence-corrected chi connectivity index (χ1v) is 6.67. The van der Waals surface area contributed by atoms with Gasteiger partial charge in [-0.05, 0) is 12.8 Å². The summed E-state index contributed by atoms with van der Waals surface area (Å²) >= 11 is 0. The fraction of sp³-hybridized carbons (Fsp3) is 0.833. The first kappa shape index (κ1) is 18.7. The standard InChI is InChI=1S/C12H20O10/c13-4-6-7(14)8(15)9(16)12(22-6)21-3-1-2-5(10(17)18)11(19)20/h5-9,12-16H,1-4H2,(H,17,18)(H,19,20)/t6-,7-,8+,9+,12?/m1/s1. The molecule has 0 aromatic heterocycles. The highest BCUT2D eigenvalue weighted by atomic mass is 16.7. The Bertz CT molecular complexity index is 370. The normalized spacial score (nSPS) is 32.1. The molecule has 1 rings (SSSR count). The predicted octanol–water partition coefficient (Wildman–Crippen LogP) is -2.63. The van der Waals surface area contributed by atoms with E-state index in [-0.39, 0.29) is 19.4 Å². The highest BCUT2D eigenvalue weighted by Gasteiger charge is 2.43. The van der Waals surface area contributed by atoms with E-state index >= 15 is 0 Å². The summed E-state index contributed by atoms with van der Waals surface area (Å²) in [5.41, 5.74) is 0. The molecule has 0 amide bonds. The van der Waals surface area contributed by atoms with Crippen molar-refractivity contribution in [2.45, 2.75) is 43.5 Å². The van der Waals surface area contributed by atoms with Gasteiger partial charge in [0, 0.05) is 6.61 Å². The van der Waals surface area contributed by atoms with E-state index < -0.39 is 55.2 Å². The van der Waals surface area contributed by atoms with E-state index in [0.29, 0.717) is 0 Å². The molecule has 0 aromatic rings. The van der Waals surface area contributed by atoms with Crippen LogP contribution in [0.4, 0.5) is 0 Å². The summed E-state index contributed by atoms with van der Waals surface area (Å²) in [5.74, 6) is -4.47. The monoisotopic (exact) mass is 324 g/mol. The van der Waals surface area contributed by atoms with Gasteiger partial charge in [-0.15, -0.1) is 0 Å². The summed E-state index contributed by atoms with van der Waals surface area (Å²) in [6.45, 7) is -0.718. The van der Waals surface area contributed by atoms with E-state index in [1.807, 2.05) is 0 Å². The number of rotatable bonds is 8. The molecule has 6 N–H and O–H groups in total. The summed E-state index contributed by atoms with van der Waals surface area (Å²) in [5, 5.41) is 55.1. The number of hydrogen-bond donors (Lipinski definition) is 6.